The fraction of sp³-hybridized carbons (Fsp3) is 0. The van der Waals surface area contributed by atoms with E-state index in [-0.39, 0.29) is 5.58 Å². The first kappa shape index (κ1) is 9.77. The monoisotopic (exact) mass is 229 g/mol. The van der Waals surface area contributed by atoms with Crippen LogP contribution >= 0.6 is 0 Å². The number of hydrogen-bond donors (Lipinski definition) is 1. The molecule has 5 heteroatoms. The first-order valence-corrected chi connectivity index (χ1v) is 5.02. The molecule has 0 spiro atoms. The Hall–Kier alpha value is -2.43. The van der Waals surface area contributed by atoms with Crippen LogP contribution in [0.3, 0.4) is 0 Å². The highest BCUT2D eigenvalue weighted by molar-refractivity contribution is 5.82. The van der Waals surface area contributed by atoms with Gasteiger partial charge in [-0.05, 0) is 24.3 Å². The third-order valence-electron chi connectivity index (χ3n) is 2.43. The first-order valence-electron chi connectivity index (χ1n) is 5.02. The number of nitrogen functional groups attached to an aromatic ring is 1. The molecular formula is C12H8FN3O. The van der Waals surface area contributed by atoms with Crippen LogP contribution in [0, 0.1) is 5.82 Å². The summed E-state index contributed by atoms with van der Waals surface area (Å²) in [5, 5.41) is 8.30. The van der Waals surface area contributed by atoms with Crippen molar-refractivity contribution in [1.82, 2.24) is 10.2 Å². The van der Waals surface area contributed by atoms with Crippen molar-refractivity contribution < 1.29 is 8.81 Å². The van der Waals surface area contributed by atoms with E-state index >= 15 is 0 Å². The van der Waals surface area contributed by atoms with E-state index in [1.807, 2.05) is 0 Å². The SMILES string of the molecule is Nc1ccc(-c2cc3cccc(F)c3o2)nn1. The third-order valence-corrected chi connectivity index (χ3v) is 2.43. The molecule has 4 nitrogen and oxygen atoms in total. The average molecular weight is 229 g/mol. The maximum absolute atomic E-state index is 13.4. The number of anilines is 1. The lowest BCUT2D eigenvalue weighted by Crippen LogP contribution is -1.92. The van der Waals surface area contributed by atoms with Gasteiger partial charge in [-0.1, -0.05) is 12.1 Å². The number of fused-ring (bicyclic) bond motifs is 1. The van der Waals surface area contributed by atoms with Gasteiger partial charge in [-0.15, -0.1) is 10.2 Å². The van der Waals surface area contributed by atoms with Gasteiger partial charge in [0.25, 0.3) is 0 Å². The number of nitrogens with two attached hydrogens (primary N) is 1. The lowest BCUT2D eigenvalue weighted by Gasteiger charge is -1.94. The Morgan fingerprint density at radius 3 is 2.71 bits per heavy atom. The first-order chi connectivity index (χ1) is 8.24. The van der Waals surface area contributed by atoms with Crippen molar-refractivity contribution in [3.63, 3.8) is 0 Å². The maximum Gasteiger partial charge on any atom is 0.170 e. The van der Waals surface area contributed by atoms with Crippen LogP contribution in [0.1, 0.15) is 0 Å². The highest BCUT2D eigenvalue weighted by Gasteiger charge is 2.10. The summed E-state index contributed by atoms with van der Waals surface area (Å²) in [6, 6.07) is 9.77. The van der Waals surface area contributed by atoms with E-state index in [1.54, 1.807) is 30.3 Å². The Balaban J connectivity index is 2.18. The van der Waals surface area contributed by atoms with Crippen LogP contribution in [0.25, 0.3) is 22.4 Å². The molecule has 84 valence electrons. The van der Waals surface area contributed by atoms with E-state index in [2.05, 4.69) is 10.2 Å². The second-order valence-electron chi connectivity index (χ2n) is 3.61. The third kappa shape index (κ3) is 1.61. The zero-order valence-electron chi connectivity index (χ0n) is 8.72. The second-order valence-corrected chi connectivity index (χ2v) is 3.61. The molecule has 0 saturated carbocycles. The van der Waals surface area contributed by atoms with Crippen molar-refractivity contribution in [2.24, 2.45) is 0 Å². The largest absolute Gasteiger partial charge is 0.451 e. The van der Waals surface area contributed by atoms with E-state index in [9.17, 15) is 4.39 Å². The number of benzene rings is 1. The Bertz CT molecular complexity index is 676. The van der Waals surface area contributed by atoms with Crippen LogP contribution in [0.4, 0.5) is 10.2 Å². The summed E-state index contributed by atoms with van der Waals surface area (Å²) in [5.41, 5.74) is 6.19. The quantitative estimate of drug-likeness (QED) is 0.696. The summed E-state index contributed by atoms with van der Waals surface area (Å²) < 4.78 is 18.8. The van der Waals surface area contributed by atoms with Crippen molar-refractivity contribution in [2.75, 3.05) is 5.73 Å². The predicted molar refractivity (Wildman–Crippen MR) is 61.6 cm³/mol. The number of halogens is 1. The fourth-order valence-corrected chi connectivity index (χ4v) is 1.63. The van der Waals surface area contributed by atoms with Gasteiger partial charge < -0.3 is 10.2 Å². The van der Waals surface area contributed by atoms with Crippen molar-refractivity contribution in [3.05, 3.63) is 42.2 Å². The van der Waals surface area contributed by atoms with Crippen molar-refractivity contribution in [3.8, 4) is 11.5 Å². The topological polar surface area (TPSA) is 64.9 Å². The smallest absolute Gasteiger partial charge is 0.170 e. The molecular weight excluding hydrogens is 221 g/mol. The lowest BCUT2D eigenvalue weighted by molar-refractivity contribution is 0.567. The number of nitrogens with zero attached hydrogens (tertiary/aromatic N) is 2. The lowest BCUT2D eigenvalue weighted by atomic mass is 10.2. The molecule has 1 aromatic carbocycles. The second kappa shape index (κ2) is 3.55. The van der Waals surface area contributed by atoms with Crippen LogP contribution < -0.4 is 5.73 Å². The Morgan fingerprint density at radius 1 is 1.12 bits per heavy atom. The molecule has 0 saturated heterocycles. The summed E-state index contributed by atoms with van der Waals surface area (Å²) in [7, 11) is 0. The number of furan rings is 1. The zero-order valence-corrected chi connectivity index (χ0v) is 8.72. The molecule has 2 N–H and O–H groups in total. The van der Waals surface area contributed by atoms with Crippen molar-refractivity contribution >= 4 is 16.8 Å². The number of rotatable bonds is 1. The molecule has 0 aliphatic rings. The highest BCUT2D eigenvalue weighted by Crippen LogP contribution is 2.27. The molecule has 3 rings (SSSR count). The summed E-state index contributed by atoms with van der Waals surface area (Å²) >= 11 is 0. The van der Waals surface area contributed by atoms with Gasteiger partial charge in [0.2, 0.25) is 0 Å². The standard InChI is InChI=1S/C12H8FN3O/c13-8-3-1-2-7-6-10(17-12(7)8)9-4-5-11(14)16-15-9/h1-6H,(H2,14,16). The summed E-state index contributed by atoms with van der Waals surface area (Å²) in [4.78, 5) is 0. The molecule has 0 radical (unpaired) electrons. The summed E-state index contributed by atoms with van der Waals surface area (Å²) in [6.45, 7) is 0. The van der Waals surface area contributed by atoms with Crippen molar-refractivity contribution in [2.45, 2.75) is 0 Å². The molecule has 2 heterocycles. The van der Waals surface area contributed by atoms with E-state index < -0.39 is 5.82 Å². The summed E-state index contributed by atoms with van der Waals surface area (Å²) in [5.74, 6) is 0.408. The van der Waals surface area contributed by atoms with E-state index in [1.165, 1.54) is 6.07 Å². The fourth-order valence-electron chi connectivity index (χ4n) is 1.63. The van der Waals surface area contributed by atoms with E-state index in [0.717, 1.165) is 0 Å². The van der Waals surface area contributed by atoms with Gasteiger partial charge in [0.15, 0.2) is 17.2 Å². The van der Waals surface area contributed by atoms with Gasteiger partial charge >= 0.3 is 0 Å². The molecule has 3 aromatic rings. The molecule has 0 bridgehead atoms. The van der Waals surface area contributed by atoms with Gasteiger partial charge in [-0.2, -0.15) is 0 Å². The van der Waals surface area contributed by atoms with Crippen molar-refractivity contribution in [1.29, 1.82) is 0 Å². The van der Waals surface area contributed by atoms with E-state index in [0.29, 0.717) is 22.7 Å². The molecule has 0 aliphatic heterocycles. The number of hydrogen-bond acceptors (Lipinski definition) is 4. The molecule has 0 atom stereocenters. The minimum Gasteiger partial charge on any atom is -0.451 e. The van der Waals surface area contributed by atoms with Gasteiger partial charge in [0, 0.05) is 5.39 Å². The zero-order chi connectivity index (χ0) is 11.8. The summed E-state index contributed by atoms with van der Waals surface area (Å²) in [6.07, 6.45) is 0. The number of aromatic nitrogens is 2. The predicted octanol–water partition coefficient (Wildman–Crippen LogP) is 2.61. The molecule has 0 fully saturated rings. The van der Waals surface area contributed by atoms with E-state index in [4.69, 9.17) is 10.2 Å². The Labute approximate surface area is 95.9 Å². The highest BCUT2D eigenvalue weighted by atomic mass is 19.1. The molecule has 2 aromatic heterocycles. The molecule has 0 amide bonds. The van der Waals surface area contributed by atoms with Crippen LogP contribution in [0.5, 0.6) is 0 Å². The van der Waals surface area contributed by atoms with Crippen LogP contribution in [-0.4, -0.2) is 10.2 Å². The molecule has 17 heavy (non-hydrogen) atoms. The van der Waals surface area contributed by atoms with Gasteiger partial charge in [-0.3, -0.25) is 0 Å². The average Bonchev–Trinajstić information content (AvgIpc) is 2.75. The van der Waals surface area contributed by atoms with Crippen LogP contribution in [0.2, 0.25) is 0 Å². The van der Waals surface area contributed by atoms with Gasteiger partial charge in [0.05, 0.1) is 0 Å². The van der Waals surface area contributed by atoms with Gasteiger partial charge in [0.1, 0.15) is 11.5 Å². The molecule has 0 aliphatic carbocycles. The Kier molecular flexibility index (Phi) is 2.04. The van der Waals surface area contributed by atoms with Gasteiger partial charge in [-0.25, -0.2) is 4.39 Å². The van der Waals surface area contributed by atoms with Crippen LogP contribution in [-0.2, 0) is 0 Å². The normalized spacial score (nSPS) is 10.9. The minimum atomic E-state index is -0.392. The maximum atomic E-state index is 13.4. The number of para-hydroxylation sites is 1. The Morgan fingerprint density at radius 2 is 2.00 bits per heavy atom. The molecule has 0 unspecified atom stereocenters. The minimum absolute atomic E-state index is 0.223. The van der Waals surface area contributed by atoms with Crippen LogP contribution in [0.15, 0.2) is 40.8 Å².